The van der Waals surface area contributed by atoms with Gasteiger partial charge in [0.1, 0.15) is 0 Å². The van der Waals surface area contributed by atoms with Crippen molar-refractivity contribution >= 4 is 5.91 Å². The van der Waals surface area contributed by atoms with Gasteiger partial charge in [-0.05, 0) is 49.9 Å². The zero-order valence-corrected chi connectivity index (χ0v) is 9.79. The van der Waals surface area contributed by atoms with E-state index in [2.05, 4.69) is 26.8 Å². The van der Waals surface area contributed by atoms with Crippen LogP contribution in [0, 0.1) is 13.8 Å². The predicted molar refractivity (Wildman–Crippen MR) is 61.2 cm³/mol. The largest absolute Gasteiger partial charge is 0.339 e. The first-order valence-electron chi connectivity index (χ1n) is 5.38. The molecule has 1 aromatic rings. The number of benzene rings is 1. The van der Waals surface area contributed by atoms with Crippen LogP contribution in [0.3, 0.4) is 0 Å². The topological polar surface area (TPSA) is 20.3 Å². The summed E-state index contributed by atoms with van der Waals surface area (Å²) in [5.41, 5.74) is 4.57. The van der Waals surface area contributed by atoms with E-state index >= 15 is 0 Å². The van der Waals surface area contributed by atoms with Gasteiger partial charge in [0.15, 0.2) is 0 Å². The minimum absolute atomic E-state index is 0.159. The molecule has 0 spiro atoms. The van der Waals surface area contributed by atoms with Crippen molar-refractivity contribution < 1.29 is 4.79 Å². The summed E-state index contributed by atoms with van der Waals surface area (Å²) < 4.78 is 0. The maximum Gasteiger partial charge on any atom is 0.254 e. The highest BCUT2D eigenvalue weighted by molar-refractivity contribution is 5.97. The Balaban J connectivity index is 2.56. The third-order valence-corrected chi connectivity index (χ3v) is 3.45. The van der Waals surface area contributed by atoms with Gasteiger partial charge in [0, 0.05) is 18.7 Å². The average molecular weight is 203 g/mol. The van der Waals surface area contributed by atoms with E-state index in [0.717, 1.165) is 12.0 Å². The van der Waals surface area contributed by atoms with Crippen molar-refractivity contribution in [3.63, 3.8) is 0 Å². The summed E-state index contributed by atoms with van der Waals surface area (Å²) in [5, 5.41) is 0. The van der Waals surface area contributed by atoms with E-state index in [1.54, 1.807) is 0 Å². The number of hydrogen-bond donors (Lipinski definition) is 0. The lowest BCUT2D eigenvalue weighted by Gasteiger charge is -2.31. The Morgan fingerprint density at radius 2 is 1.87 bits per heavy atom. The highest BCUT2D eigenvalue weighted by Crippen LogP contribution is 2.24. The number of nitrogens with zero attached hydrogens (tertiary/aromatic N) is 1. The van der Waals surface area contributed by atoms with Gasteiger partial charge in [-0.25, -0.2) is 0 Å². The number of fused-ring (bicyclic) bond motifs is 1. The van der Waals surface area contributed by atoms with Crippen LogP contribution in [0.1, 0.15) is 34.0 Å². The lowest BCUT2D eigenvalue weighted by molar-refractivity contribution is 0.0721. The third-order valence-electron chi connectivity index (χ3n) is 3.45. The highest BCUT2D eigenvalue weighted by Gasteiger charge is 2.26. The van der Waals surface area contributed by atoms with E-state index in [-0.39, 0.29) is 5.91 Å². The summed E-state index contributed by atoms with van der Waals surface area (Å²) in [7, 11) is 1.88. The summed E-state index contributed by atoms with van der Waals surface area (Å²) in [5.74, 6) is 0.159. The molecule has 0 aromatic heterocycles. The molecule has 0 radical (unpaired) electrons. The maximum absolute atomic E-state index is 12.0. The number of hydrogen-bond acceptors (Lipinski definition) is 1. The number of amides is 1. The smallest absolute Gasteiger partial charge is 0.254 e. The Hall–Kier alpha value is -1.31. The molecule has 0 fully saturated rings. The van der Waals surface area contributed by atoms with Gasteiger partial charge in [0.2, 0.25) is 0 Å². The number of rotatable bonds is 0. The molecule has 1 heterocycles. The van der Waals surface area contributed by atoms with Crippen molar-refractivity contribution in [3.8, 4) is 0 Å². The molecule has 2 rings (SSSR count). The molecular weight excluding hydrogens is 186 g/mol. The molecular formula is C13H17NO. The summed E-state index contributed by atoms with van der Waals surface area (Å²) in [6, 6.07) is 4.49. The second-order valence-electron chi connectivity index (χ2n) is 4.56. The fourth-order valence-electron chi connectivity index (χ4n) is 2.09. The molecule has 0 saturated heterocycles. The molecule has 1 amide bonds. The van der Waals surface area contributed by atoms with Crippen LogP contribution in [0.15, 0.2) is 12.1 Å². The van der Waals surface area contributed by atoms with Crippen LogP contribution in [0.5, 0.6) is 0 Å². The van der Waals surface area contributed by atoms with Crippen LogP contribution >= 0.6 is 0 Å². The summed E-state index contributed by atoms with van der Waals surface area (Å²) >= 11 is 0. The molecule has 0 bridgehead atoms. The van der Waals surface area contributed by atoms with Gasteiger partial charge < -0.3 is 4.90 Å². The number of carbonyl (C=O) groups excluding carboxylic acids is 1. The fourth-order valence-corrected chi connectivity index (χ4v) is 2.09. The molecule has 1 aliphatic rings. The summed E-state index contributed by atoms with van der Waals surface area (Å²) in [6.45, 7) is 6.25. The van der Waals surface area contributed by atoms with Gasteiger partial charge in [0.25, 0.3) is 5.91 Å². The molecule has 0 N–H and O–H groups in total. The Labute approximate surface area is 90.9 Å². The van der Waals surface area contributed by atoms with E-state index in [0.29, 0.717) is 6.04 Å². The quantitative estimate of drug-likeness (QED) is 0.633. The Morgan fingerprint density at radius 1 is 1.27 bits per heavy atom. The third kappa shape index (κ3) is 1.54. The van der Waals surface area contributed by atoms with Gasteiger partial charge >= 0.3 is 0 Å². The highest BCUT2D eigenvalue weighted by atomic mass is 16.2. The van der Waals surface area contributed by atoms with Crippen LogP contribution in [-0.2, 0) is 6.42 Å². The second-order valence-corrected chi connectivity index (χ2v) is 4.56. The van der Waals surface area contributed by atoms with Crippen molar-refractivity contribution in [2.45, 2.75) is 33.2 Å². The monoisotopic (exact) mass is 203 g/mol. The van der Waals surface area contributed by atoms with Gasteiger partial charge in [-0.1, -0.05) is 6.07 Å². The molecule has 2 nitrogen and oxygen atoms in total. The fraction of sp³-hybridized carbons (Fsp3) is 0.462. The van der Waals surface area contributed by atoms with E-state index in [9.17, 15) is 4.79 Å². The standard InChI is InChI=1S/C13H17NO/c1-8-5-11-7-10(3)14(4)13(15)12(11)6-9(8)2/h5-6,10H,7H2,1-4H3. The van der Waals surface area contributed by atoms with Crippen LogP contribution in [-0.4, -0.2) is 23.9 Å². The van der Waals surface area contributed by atoms with Crippen molar-refractivity contribution in [3.05, 3.63) is 34.4 Å². The first-order valence-corrected chi connectivity index (χ1v) is 5.38. The zero-order valence-electron chi connectivity index (χ0n) is 9.79. The molecule has 0 aliphatic carbocycles. The molecule has 2 heteroatoms. The zero-order chi connectivity index (χ0) is 11.2. The van der Waals surface area contributed by atoms with E-state index in [1.165, 1.54) is 16.7 Å². The lowest BCUT2D eigenvalue weighted by Crippen LogP contribution is -2.41. The average Bonchev–Trinajstić information content (AvgIpc) is 2.19. The summed E-state index contributed by atoms with van der Waals surface area (Å²) in [4.78, 5) is 13.8. The van der Waals surface area contributed by atoms with E-state index in [4.69, 9.17) is 0 Å². The maximum atomic E-state index is 12.0. The van der Waals surface area contributed by atoms with Crippen molar-refractivity contribution in [1.29, 1.82) is 0 Å². The van der Waals surface area contributed by atoms with Gasteiger partial charge in [-0.2, -0.15) is 0 Å². The Bertz CT molecular complexity index is 423. The molecule has 15 heavy (non-hydrogen) atoms. The SMILES string of the molecule is Cc1cc2c(cc1C)C(=O)N(C)C(C)C2. The first-order chi connectivity index (χ1) is 7.00. The minimum Gasteiger partial charge on any atom is -0.339 e. The Kier molecular flexibility index (Phi) is 2.29. The second kappa shape index (κ2) is 3.37. The van der Waals surface area contributed by atoms with Gasteiger partial charge in [-0.3, -0.25) is 4.79 Å². The van der Waals surface area contributed by atoms with Crippen LogP contribution in [0.2, 0.25) is 0 Å². The minimum atomic E-state index is 0.159. The van der Waals surface area contributed by atoms with Gasteiger partial charge in [0.05, 0.1) is 0 Å². The molecule has 1 unspecified atom stereocenters. The lowest BCUT2D eigenvalue weighted by atomic mass is 9.91. The number of carbonyl (C=O) groups is 1. The van der Waals surface area contributed by atoms with Crippen LogP contribution in [0.25, 0.3) is 0 Å². The van der Waals surface area contributed by atoms with Crippen molar-refractivity contribution in [1.82, 2.24) is 4.90 Å². The summed E-state index contributed by atoms with van der Waals surface area (Å²) in [6.07, 6.45) is 0.971. The molecule has 0 saturated carbocycles. The normalized spacial score (nSPS) is 20.4. The Morgan fingerprint density at radius 3 is 2.53 bits per heavy atom. The molecule has 1 aliphatic heterocycles. The predicted octanol–water partition coefficient (Wildman–Crippen LogP) is 2.32. The molecule has 1 atom stereocenters. The number of likely N-dealkylation sites (N-methyl/N-ethyl adjacent to an activating group) is 1. The van der Waals surface area contributed by atoms with E-state index < -0.39 is 0 Å². The number of aryl methyl sites for hydroxylation is 2. The molecule has 80 valence electrons. The van der Waals surface area contributed by atoms with Gasteiger partial charge in [-0.15, -0.1) is 0 Å². The first kappa shape index (κ1) is 10.2. The van der Waals surface area contributed by atoms with Crippen LogP contribution in [0.4, 0.5) is 0 Å². The molecule has 1 aromatic carbocycles. The van der Waals surface area contributed by atoms with E-state index in [1.807, 2.05) is 18.0 Å². The van der Waals surface area contributed by atoms with Crippen molar-refractivity contribution in [2.75, 3.05) is 7.05 Å². The van der Waals surface area contributed by atoms with Crippen LogP contribution < -0.4 is 0 Å². The van der Waals surface area contributed by atoms with Crippen molar-refractivity contribution in [2.24, 2.45) is 0 Å².